The van der Waals surface area contributed by atoms with E-state index in [1.165, 1.54) is 12.1 Å². The highest BCUT2D eigenvalue weighted by atomic mass is 19.1. The number of amides is 2. The van der Waals surface area contributed by atoms with Crippen LogP contribution < -0.4 is 15.4 Å². The molecule has 124 valence electrons. The third kappa shape index (κ3) is 3.90. The zero-order valence-corrected chi connectivity index (χ0v) is 12.9. The van der Waals surface area contributed by atoms with E-state index in [4.69, 9.17) is 4.74 Å². The number of ether oxygens (including phenoxy) is 1. The molecule has 2 N–H and O–H groups in total. The second kappa shape index (κ2) is 7.12. The SMILES string of the molecule is O=C1CC(NC(=O)c2cc(F)ccc2Oc2ccccc2)CCN1. The quantitative estimate of drug-likeness (QED) is 0.907. The minimum atomic E-state index is -0.526. The molecule has 1 heterocycles. The molecule has 3 rings (SSSR count). The highest BCUT2D eigenvalue weighted by molar-refractivity contribution is 5.97. The second-order valence-electron chi connectivity index (χ2n) is 5.57. The Balaban J connectivity index is 1.79. The number of piperidine rings is 1. The van der Waals surface area contributed by atoms with Crippen molar-refractivity contribution in [2.45, 2.75) is 18.9 Å². The van der Waals surface area contributed by atoms with Gasteiger partial charge in [0.25, 0.3) is 5.91 Å². The summed E-state index contributed by atoms with van der Waals surface area (Å²) in [5.74, 6) is -0.274. The van der Waals surface area contributed by atoms with E-state index in [-0.39, 0.29) is 29.7 Å². The van der Waals surface area contributed by atoms with Crippen LogP contribution in [0.5, 0.6) is 11.5 Å². The molecular formula is C18H17FN2O3. The lowest BCUT2D eigenvalue weighted by Gasteiger charge is -2.23. The van der Waals surface area contributed by atoms with Crippen molar-refractivity contribution in [3.05, 3.63) is 59.9 Å². The maximum atomic E-state index is 13.6. The molecular weight excluding hydrogens is 311 g/mol. The molecule has 0 spiro atoms. The molecule has 6 heteroatoms. The zero-order valence-electron chi connectivity index (χ0n) is 12.9. The third-order valence-electron chi connectivity index (χ3n) is 3.74. The Hall–Kier alpha value is -2.89. The number of carbonyl (C=O) groups excluding carboxylic acids is 2. The highest BCUT2D eigenvalue weighted by Gasteiger charge is 2.23. The van der Waals surface area contributed by atoms with E-state index in [9.17, 15) is 14.0 Å². The average molecular weight is 328 g/mol. The lowest BCUT2D eigenvalue weighted by molar-refractivity contribution is -0.122. The number of para-hydroxylation sites is 1. The van der Waals surface area contributed by atoms with Crippen molar-refractivity contribution in [1.82, 2.24) is 10.6 Å². The van der Waals surface area contributed by atoms with Crippen molar-refractivity contribution in [2.24, 2.45) is 0 Å². The number of hydrogen-bond acceptors (Lipinski definition) is 3. The highest BCUT2D eigenvalue weighted by Crippen LogP contribution is 2.26. The van der Waals surface area contributed by atoms with Crippen LogP contribution in [0.3, 0.4) is 0 Å². The predicted molar refractivity (Wildman–Crippen MR) is 86.4 cm³/mol. The molecule has 0 bridgehead atoms. The summed E-state index contributed by atoms with van der Waals surface area (Å²) in [6.07, 6.45) is 0.859. The van der Waals surface area contributed by atoms with Gasteiger partial charge in [0.2, 0.25) is 5.91 Å². The number of benzene rings is 2. The molecule has 2 aromatic rings. The van der Waals surface area contributed by atoms with E-state index in [1.807, 2.05) is 6.07 Å². The van der Waals surface area contributed by atoms with Gasteiger partial charge in [-0.2, -0.15) is 0 Å². The maximum absolute atomic E-state index is 13.6. The molecule has 1 aliphatic heterocycles. The standard InChI is InChI=1S/C18H17FN2O3/c19-12-6-7-16(24-14-4-2-1-3-5-14)15(10-12)18(23)21-13-8-9-20-17(22)11-13/h1-7,10,13H,8-9,11H2,(H,20,22)(H,21,23). The summed E-state index contributed by atoms with van der Waals surface area (Å²) in [6, 6.07) is 12.5. The molecule has 0 aliphatic carbocycles. The zero-order chi connectivity index (χ0) is 16.9. The topological polar surface area (TPSA) is 67.4 Å². The summed E-state index contributed by atoms with van der Waals surface area (Å²) in [5.41, 5.74) is 0.102. The lowest BCUT2D eigenvalue weighted by Crippen LogP contribution is -2.45. The van der Waals surface area contributed by atoms with Gasteiger partial charge in [-0.05, 0) is 36.8 Å². The Morgan fingerprint density at radius 2 is 2.00 bits per heavy atom. The van der Waals surface area contributed by atoms with Crippen LogP contribution in [0.15, 0.2) is 48.5 Å². The van der Waals surface area contributed by atoms with Crippen LogP contribution in [0.1, 0.15) is 23.2 Å². The van der Waals surface area contributed by atoms with E-state index in [0.29, 0.717) is 18.7 Å². The normalized spacial score (nSPS) is 17.0. The first-order valence-corrected chi connectivity index (χ1v) is 7.72. The van der Waals surface area contributed by atoms with Crippen LogP contribution in [-0.2, 0) is 4.79 Å². The molecule has 1 unspecified atom stereocenters. The lowest BCUT2D eigenvalue weighted by atomic mass is 10.1. The Labute approximate surface area is 138 Å². The minimum Gasteiger partial charge on any atom is -0.457 e. The summed E-state index contributed by atoms with van der Waals surface area (Å²) in [6.45, 7) is 0.514. The first-order valence-electron chi connectivity index (χ1n) is 7.72. The van der Waals surface area contributed by atoms with Gasteiger partial charge < -0.3 is 15.4 Å². The molecule has 0 radical (unpaired) electrons. The molecule has 24 heavy (non-hydrogen) atoms. The Bertz CT molecular complexity index is 749. The van der Waals surface area contributed by atoms with Crippen LogP contribution in [-0.4, -0.2) is 24.4 Å². The summed E-state index contributed by atoms with van der Waals surface area (Å²) in [4.78, 5) is 23.9. The molecule has 2 amide bonds. The summed E-state index contributed by atoms with van der Waals surface area (Å²) in [5, 5.41) is 5.48. The minimum absolute atomic E-state index is 0.102. The smallest absolute Gasteiger partial charge is 0.255 e. The van der Waals surface area contributed by atoms with Crippen LogP contribution in [0.25, 0.3) is 0 Å². The van der Waals surface area contributed by atoms with Gasteiger partial charge in [-0.25, -0.2) is 4.39 Å². The molecule has 2 aromatic carbocycles. The van der Waals surface area contributed by atoms with Crippen molar-refractivity contribution < 1.29 is 18.7 Å². The van der Waals surface area contributed by atoms with E-state index in [0.717, 1.165) is 6.07 Å². The average Bonchev–Trinajstić information content (AvgIpc) is 2.57. The fourth-order valence-corrected chi connectivity index (χ4v) is 2.55. The number of carbonyl (C=O) groups is 2. The van der Waals surface area contributed by atoms with Crippen molar-refractivity contribution in [2.75, 3.05) is 6.54 Å². The summed E-state index contributed by atoms with van der Waals surface area (Å²) >= 11 is 0. The van der Waals surface area contributed by atoms with Crippen molar-refractivity contribution in [3.63, 3.8) is 0 Å². The van der Waals surface area contributed by atoms with Gasteiger partial charge in [0.15, 0.2) is 0 Å². The van der Waals surface area contributed by atoms with E-state index in [1.54, 1.807) is 24.3 Å². The molecule has 1 aliphatic rings. The number of hydrogen-bond donors (Lipinski definition) is 2. The molecule has 1 saturated heterocycles. The van der Waals surface area contributed by atoms with Gasteiger partial charge in [-0.1, -0.05) is 18.2 Å². The maximum Gasteiger partial charge on any atom is 0.255 e. The Morgan fingerprint density at radius 1 is 1.21 bits per heavy atom. The van der Waals surface area contributed by atoms with Gasteiger partial charge in [0.1, 0.15) is 17.3 Å². The van der Waals surface area contributed by atoms with Crippen molar-refractivity contribution in [1.29, 1.82) is 0 Å². The molecule has 0 saturated carbocycles. The Morgan fingerprint density at radius 3 is 2.75 bits per heavy atom. The monoisotopic (exact) mass is 328 g/mol. The van der Waals surface area contributed by atoms with Crippen LogP contribution in [0, 0.1) is 5.82 Å². The molecule has 1 atom stereocenters. The predicted octanol–water partition coefficient (Wildman–Crippen LogP) is 2.63. The van der Waals surface area contributed by atoms with Crippen LogP contribution in [0.2, 0.25) is 0 Å². The van der Waals surface area contributed by atoms with E-state index < -0.39 is 11.7 Å². The van der Waals surface area contributed by atoms with Gasteiger partial charge in [0, 0.05) is 19.0 Å². The largest absolute Gasteiger partial charge is 0.457 e. The van der Waals surface area contributed by atoms with Crippen LogP contribution >= 0.6 is 0 Å². The van der Waals surface area contributed by atoms with E-state index >= 15 is 0 Å². The number of rotatable bonds is 4. The number of nitrogens with one attached hydrogen (secondary N) is 2. The van der Waals surface area contributed by atoms with Gasteiger partial charge in [-0.3, -0.25) is 9.59 Å². The fraction of sp³-hybridized carbons (Fsp3) is 0.222. The van der Waals surface area contributed by atoms with Crippen molar-refractivity contribution >= 4 is 11.8 Å². The summed E-state index contributed by atoms with van der Waals surface area (Å²) < 4.78 is 19.3. The number of halogens is 1. The fourth-order valence-electron chi connectivity index (χ4n) is 2.55. The second-order valence-corrected chi connectivity index (χ2v) is 5.57. The van der Waals surface area contributed by atoms with Gasteiger partial charge in [0.05, 0.1) is 5.56 Å². The Kier molecular flexibility index (Phi) is 4.74. The first kappa shape index (κ1) is 16.0. The van der Waals surface area contributed by atoms with Crippen LogP contribution in [0.4, 0.5) is 4.39 Å². The van der Waals surface area contributed by atoms with Gasteiger partial charge >= 0.3 is 0 Å². The van der Waals surface area contributed by atoms with Crippen molar-refractivity contribution in [3.8, 4) is 11.5 Å². The van der Waals surface area contributed by atoms with Gasteiger partial charge in [-0.15, -0.1) is 0 Å². The molecule has 0 aromatic heterocycles. The van der Waals surface area contributed by atoms with E-state index in [2.05, 4.69) is 10.6 Å². The summed E-state index contributed by atoms with van der Waals surface area (Å²) in [7, 11) is 0. The first-order chi connectivity index (χ1) is 11.6. The molecule has 1 fully saturated rings. The molecule has 5 nitrogen and oxygen atoms in total. The third-order valence-corrected chi connectivity index (χ3v) is 3.74.